The summed E-state index contributed by atoms with van der Waals surface area (Å²) in [6.45, 7) is 2.90. The van der Waals surface area contributed by atoms with Crippen molar-refractivity contribution in [1.82, 2.24) is 9.80 Å². The zero-order valence-corrected chi connectivity index (χ0v) is 10.8. The summed E-state index contributed by atoms with van der Waals surface area (Å²) in [6, 6.07) is 5.75. The molecule has 1 aliphatic rings. The van der Waals surface area contributed by atoms with Gasteiger partial charge in [-0.1, -0.05) is 6.07 Å². The van der Waals surface area contributed by atoms with Gasteiger partial charge in [0.25, 0.3) is 0 Å². The Bertz CT molecular complexity index is 448. The summed E-state index contributed by atoms with van der Waals surface area (Å²) in [5.74, 6) is 0.857. The van der Waals surface area contributed by atoms with Gasteiger partial charge in [-0.15, -0.1) is 0 Å². The Morgan fingerprint density at radius 1 is 1.39 bits per heavy atom. The van der Waals surface area contributed by atoms with Crippen LogP contribution in [0.5, 0.6) is 5.75 Å². The number of benzene rings is 1. The molecule has 0 saturated carbocycles. The molecule has 1 fully saturated rings. The highest BCUT2D eigenvalue weighted by Gasteiger charge is 2.20. The number of rotatable bonds is 3. The number of methoxy groups -OCH3 is 1. The number of anilines is 1. The summed E-state index contributed by atoms with van der Waals surface area (Å²) < 4.78 is 5.12. The largest absolute Gasteiger partial charge is 0.495 e. The predicted octanol–water partition coefficient (Wildman–Crippen LogP) is 0.551. The van der Waals surface area contributed by atoms with Crippen molar-refractivity contribution in [2.24, 2.45) is 0 Å². The fourth-order valence-corrected chi connectivity index (χ4v) is 2.08. The molecule has 1 aromatic carbocycles. The van der Waals surface area contributed by atoms with Crippen LogP contribution in [0.15, 0.2) is 18.2 Å². The topological polar surface area (TPSA) is 58.8 Å². The predicted molar refractivity (Wildman–Crippen MR) is 70.3 cm³/mol. The van der Waals surface area contributed by atoms with E-state index in [9.17, 15) is 4.79 Å². The smallest absolute Gasteiger partial charge is 0.236 e. The fraction of sp³-hybridized carbons (Fsp3) is 0.462. The van der Waals surface area contributed by atoms with E-state index in [0.29, 0.717) is 18.0 Å². The third-order valence-electron chi connectivity index (χ3n) is 3.24. The molecule has 0 aliphatic carbocycles. The number of ether oxygens (including phenoxy) is 1. The van der Waals surface area contributed by atoms with Crippen molar-refractivity contribution in [3.8, 4) is 5.75 Å². The fourth-order valence-electron chi connectivity index (χ4n) is 2.08. The number of nitrogens with two attached hydrogens (primary N) is 1. The Morgan fingerprint density at radius 2 is 2.17 bits per heavy atom. The highest BCUT2D eigenvalue weighted by atomic mass is 16.5. The monoisotopic (exact) mass is 249 g/mol. The number of nitrogens with zero attached hydrogens (tertiary/aromatic N) is 2. The minimum atomic E-state index is 0.169. The van der Waals surface area contributed by atoms with Crippen molar-refractivity contribution in [3.05, 3.63) is 23.8 Å². The summed E-state index contributed by atoms with van der Waals surface area (Å²) in [6.07, 6.45) is 0. The number of nitrogen functional groups attached to an aromatic ring is 1. The van der Waals surface area contributed by atoms with E-state index < -0.39 is 0 Å². The minimum absolute atomic E-state index is 0.169. The first-order valence-electron chi connectivity index (χ1n) is 5.99. The molecule has 1 heterocycles. The number of amides is 1. The summed E-state index contributed by atoms with van der Waals surface area (Å²) in [4.78, 5) is 15.5. The summed E-state index contributed by atoms with van der Waals surface area (Å²) >= 11 is 0. The number of likely N-dealkylation sites (N-methyl/N-ethyl adjacent to an activating group) is 1. The van der Waals surface area contributed by atoms with E-state index in [4.69, 9.17) is 10.5 Å². The van der Waals surface area contributed by atoms with Gasteiger partial charge < -0.3 is 15.4 Å². The van der Waals surface area contributed by atoms with Crippen molar-refractivity contribution in [1.29, 1.82) is 0 Å². The van der Waals surface area contributed by atoms with Gasteiger partial charge in [-0.2, -0.15) is 0 Å². The Hall–Kier alpha value is -1.75. The summed E-state index contributed by atoms with van der Waals surface area (Å²) in [5.41, 5.74) is 7.60. The van der Waals surface area contributed by atoms with E-state index in [0.717, 1.165) is 25.2 Å². The molecular formula is C13H19N3O2. The first kappa shape index (κ1) is 12.7. The van der Waals surface area contributed by atoms with Crippen LogP contribution in [0.3, 0.4) is 0 Å². The molecule has 1 aromatic rings. The number of hydrogen-bond acceptors (Lipinski definition) is 4. The van der Waals surface area contributed by atoms with Crippen LogP contribution in [0.1, 0.15) is 5.56 Å². The molecule has 0 atom stereocenters. The summed E-state index contributed by atoms with van der Waals surface area (Å²) in [5, 5.41) is 0. The second-order valence-electron chi connectivity index (χ2n) is 4.60. The minimum Gasteiger partial charge on any atom is -0.495 e. The normalized spacial score (nSPS) is 17.0. The van der Waals surface area contributed by atoms with Crippen LogP contribution in [-0.4, -0.2) is 49.5 Å². The molecule has 2 rings (SSSR count). The molecule has 5 heteroatoms. The molecular weight excluding hydrogens is 230 g/mol. The van der Waals surface area contributed by atoms with Crippen LogP contribution in [-0.2, 0) is 11.3 Å². The van der Waals surface area contributed by atoms with Gasteiger partial charge in [0.1, 0.15) is 5.75 Å². The lowest BCUT2D eigenvalue weighted by atomic mass is 10.1. The zero-order valence-electron chi connectivity index (χ0n) is 10.8. The van der Waals surface area contributed by atoms with Gasteiger partial charge >= 0.3 is 0 Å². The maximum Gasteiger partial charge on any atom is 0.236 e. The zero-order chi connectivity index (χ0) is 13.1. The van der Waals surface area contributed by atoms with Gasteiger partial charge in [-0.05, 0) is 17.7 Å². The first-order valence-corrected chi connectivity index (χ1v) is 5.99. The van der Waals surface area contributed by atoms with E-state index in [1.165, 1.54) is 0 Å². The Balaban J connectivity index is 2.01. The van der Waals surface area contributed by atoms with Crippen molar-refractivity contribution in [2.45, 2.75) is 6.54 Å². The molecule has 0 aromatic heterocycles. The molecule has 1 aliphatic heterocycles. The van der Waals surface area contributed by atoms with E-state index >= 15 is 0 Å². The van der Waals surface area contributed by atoms with Crippen molar-refractivity contribution >= 4 is 11.6 Å². The molecule has 0 radical (unpaired) electrons. The van der Waals surface area contributed by atoms with Crippen LogP contribution < -0.4 is 10.5 Å². The molecule has 18 heavy (non-hydrogen) atoms. The third-order valence-corrected chi connectivity index (χ3v) is 3.24. The van der Waals surface area contributed by atoms with Gasteiger partial charge in [0.15, 0.2) is 0 Å². The van der Waals surface area contributed by atoms with Crippen molar-refractivity contribution in [2.75, 3.05) is 39.5 Å². The number of carbonyl (C=O) groups is 1. The average Bonchev–Trinajstić information content (AvgIpc) is 2.34. The molecule has 1 amide bonds. The number of hydrogen-bond donors (Lipinski definition) is 1. The standard InChI is InChI=1S/C13H19N3O2/c1-15-5-6-16(9-13(15)17)8-10-3-4-12(18-2)11(14)7-10/h3-4,7H,5-6,8-9,14H2,1-2H3. The molecule has 0 spiro atoms. The van der Waals surface area contributed by atoms with Gasteiger partial charge in [-0.25, -0.2) is 0 Å². The van der Waals surface area contributed by atoms with E-state index in [1.54, 1.807) is 12.0 Å². The molecule has 5 nitrogen and oxygen atoms in total. The van der Waals surface area contributed by atoms with Crippen LogP contribution in [0.4, 0.5) is 5.69 Å². The lowest BCUT2D eigenvalue weighted by Gasteiger charge is -2.31. The van der Waals surface area contributed by atoms with Crippen LogP contribution >= 0.6 is 0 Å². The van der Waals surface area contributed by atoms with Gasteiger partial charge in [-0.3, -0.25) is 9.69 Å². The highest BCUT2D eigenvalue weighted by Crippen LogP contribution is 2.22. The van der Waals surface area contributed by atoms with Gasteiger partial charge in [0.05, 0.1) is 19.3 Å². The Kier molecular flexibility index (Phi) is 3.72. The van der Waals surface area contributed by atoms with E-state index in [-0.39, 0.29) is 5.91 Å². The number of piperazine rings is 1. The maximum absolute atomic E-state index is 11.6. The number of carbonyl (C=O) groups excluding carboxylic acids is 1. The van der Waals surface area contributed by atoms with Gasteiger partial charge in [0.2, 0.25) is 5.91 Å². The van der Waals surface area contributed by atoms with Crippen LogP contribution in [0, 0.1) is 0 Å². The van der Waals surface area contributed by atoms with E-state index in [1.807, 2.05) is 25.2 Å². The average molecular weight is 249 g/mol. The lowest BCUT2D eigenvalue weighted by molar-refractivity contribution is -0.134. The highest BCUT2D eigenvalue weighted by molar-refractivity contribution is 5.78. The third kappa shape index (κ3) is 2.73. The second-order valence-corrected chi connectivity index (χ2v) is 4.60. The van der Waals surface area contributed by atoms with Crippen molar-refractivity contribution < 1.29 is 9.53 Å². The Morgan fingerprint density at radius 3 is 2.78 bits per heavy atom. The molecule has 0 bridgehead atoms. The lowest BCUT2D eigenvalue weighted by Crippen LogP contribution is -2.47. The van der Waals surface area contributed by atoms with Crippen molar-refractivity contribution in [3.63, 3.8) is 0 Å². The molecule has 98 valence electrons. The second kappa shape index (κ2) is 5.27. The first-order chi connectivity index (χ1) is 8.60. The summed E-state index contributed by atoms with van der Waals surface area (Å²) in [7, 11) is 3.44. The molecule has 2 N–H and O–H groups in total. The van der Waals surface area contributed by atoms with Crippen LogP contribution in [0.2, 0.25) is 0 Å². The SMILES string of the molecule is COc1ccc(CN2CCN(C)C(=O)C2)cc1N. The van der Waals surface area contributed by atoms with Crippen LogP contribution in [0.25, 0.3) is 0 Å². The Labute approximate surface area is 107 Å². The quantitative estimate of drug-likeness (QED) is 0.795. The molecule has 1 saturated heterocycles. The molecule has 0 unspecified atom stereocenters. The maximum atomic E-state index is 11.6. The van der Waals surface area contributed by atoms with Gasteiger partial charge in [0, 0.05) is 26.7 Å². The van der Waals surface area contributed by atoms with E-state index in [2.05, 4.69) is 4.90 Å².